The van der Waals surface area contributed by atoms with Crippen LogP contribution in [0.5, 0.6) is 11.5 Å². The summed E-state index contributed by atoms with van der Waals surface area (Å²) in [5.41, 5.74) is 5.46. The Kier molecular flexibility index (Phi) is 7.61. The van der Waals surface area contributed by atoms with Crippen molar-refractivity contribution in [2.24, 2.45) is 11.7 Å². The number of nitrogens with zero attached hydrogens (tertiary/aromatic N) is 3. The molecule has 4 aromatic rings. The Morgan fingerprint density at radius 1 is 1.21 bits per heavy atom. The third-order valence-electron chi connectivity index (χ3n) is 6.90. The minimum atomic E-state index is -4.47. The van der Waals surface area contributed by atoms with Crippen molar-refractivity contribution in [3.8, 4) is 11.5 Å². The standard InChI is InChI=1S/C26H26N6O8S2/c1-41(36,37)31-10-8-16(15-31)13-29-21-6-5-19(12-22(21)32(34)35)42(38,39)23-4-2-3-20(25(27)33)24(23)40-18-11-17-7-9-28-26(17)30-14-18/h2-7,9,11-12,14,16,29H,8,10,13,15H2,1H3,(H2,27,33)(H,28,30). The lowest BCUT2D eigenvalue weighted by molar-refractivity contribution is -0.384. The van der Waals surface area contributed by atoms with Crippen LogP contribution in [-0.4, -0.2) is 67.8 Å². The Morgan fingerprint density at radius 3 is 2.69 bits per heavy atom. The van der Waals surface area contributed by atoms with E-state index >= 15 is 0 Å². The van der Waals surface area contributed by atoms with Gasteiger partial charge in [0.1, 0.15) is 22.0 Å². The number of primary amides is 1. The highest BCUT2D eigenvalue weighted by Crippen LogP contribution is 2.38. The number of aromatic nitrogens is 2. The molecule has 4 N–H and O–H groups in total. The lowest BCUT2D eigenvalue weighted by Crippen LogP contribution is -2.28. The van der Waals surface area contributed by atoms with Crippen molar-refractivity contribution >= 4 is 48.2 Å². The number of sulfone groups is 1. The second kappa shape index (κ2) is 11.0. The van der Waals surface area contributed by atoms with E-state index in [1.807, 2.05) is 0 Å². The van der Waals surface area contributed by atoms with E-state index in [0.29, 0.717) is 24.0 Å². The zero-order valence-corrected chi connectivity index (χ0v) is 23.8. The Labute approximate surface area is 240 Å². The first-order chi connectivity index (χ1) is 19.8. The van der Waals surface area contributed by atoms with Crippen LogP contribution in [0.1, 0.15) is 16.8 Å². The number of amides is 1. The van der Waals surface area contributed by atoms with Crippen molar-refractivity contribution in [3.63, 3.8) is 0 Å². The molecule has 1 unspecified atom stereocenters. The molecular formula is C26H26N6O8S2. The van der Waals surface area contributed by atoms with E-state index in [0.717, 1.165) is 12.3 Å². The van der Waals surface area contributed by atoms with Crippen LogP contribution in [0.4, 0.5) is 11.4 Å². The highest BCUT2D eigenvalue weighted by atomic mass is 32.2. The molecule has 1 amide bonds. The first-order valence-corrected chi connectivity index (χ1v) is 15.9. The first kappa shape index (κ1) is 29.0. The number of carbonyl (C=O) groups is 1. The molecule has 3 heterocycles. The van der Waals surface area contributed by atoms with Gasteiger partial charge in [-0.1, -0.05) is 6.07 Å². The van der Waals surface area contributed by atoms with Gasteiger partial charge in [0.2, 0.25) is 19.9 Å². The van der Waals surface area contributed by atoms with Crippen molar-refractivity contribution in [3.05, 3.63) is 76.6 Å². The number of pyridine rings is 1. The van der Waals surface area contributed by atoms with Gasteiger partial charge in [-0.25, -0.2) is 26.1 Å². The quantitative estimate of drug-likeness (QED) is 0.176. The zero-order chi connectivity index (χ0) is 30.2. The van der Waals surface area contributed by atoms with Gasteiger partial charge in [-0.2, -0.15) is 0 Å². The van der Waals surface area contributed by atoms with Gasteiger partial charge in [0.05, 0.1) is 27.8 Å². The van der Waals surface area contributed by atoms with Gasteiger partial charge in [0, 0.05) is 37.3 Å². The number of sulfonamides is 1. The van der Waals surface area contributed by atoms with Gasteiger partial charge in [-0.05, 0) is 48.7 Å². The van der Waals surface area contributed by atoms with Crippen LogP contribution in [-0.2, 0) is 19.9 Å². The molecule has 1 fully saturated rings. The van der Waals surface area contributed by atoms with Gasteiger partial charge >= 0.3 is 0 Å². The van der Waals surface area contributed by atoms with Crippen LogP contribution in [0.15, 0.2) is 70.7 Å². The molecule has 1 aliphatic heterocycles. The van der Waals surface area contributed by atoms with Crippen LogP contribution in [0.2, 0.25) is 0 Å². The maximum absolute atomic E-state index is 13.8. The lowest BCUT2D eigenvalue weighted by atomic mass is 10.1. The molecule has 0 aliphatic carbocycles. The van der Waals surface area contributed by atoms with E-state index < -0.39 is 46.2 Å². The predicted molar refractivity (Wildman–Crippen MR) is 153 cm³/mol. The fourth-order valence-electron chi connectivity index (χ4n) is 4.75. The second-order valence-electron chi connectivity index (χ2n) is 9.78. The van der Waals surface area contributed by atoms with Crippen LogP contribution < -0.4 is 15.8 Å². The fourth-order valence-corrected chi connectivity index (χ4v) is 7.09. The van der Waals surface area contributed by atoms with Gasteiger partial charge in [0.15, 0.2) is 5.75 Å². The number of anilines is 1. The lowest BCUT2D eigenvalue weighted by Gasteiger charge is -2.16. The minimum Gasteiger partial charge on any atom is -0.453 e. The summed E-state index contributed by atoms with van der Waals surface area (Å²) in [6.07, 6.45) is 4.71. The molecule has 0 radical (unpaired) electrons. The Balaban J connectivity index is 1.47. The Morgan fingerprint density at radius 2 is 2.00 bits per heavy atom. The third-order valence-corrected chi connectivity index (χ3v) is 9.95. The number of carbonyl (C=O) groups excluding carboxylic acids is 1. The van der Waals surface area contributed by atoms with E-state index in [1.165, 1.54) is 40.8 Å². The molecule has 1 atom stereocenters. The van der Waals surface area contributed by atoms with Gasteiger partial charge in [0.25, 0.3) is 11.6 Å². The monoisotopic (exact) mass is 614 g/mol. The van der Waals surface area contributed by atoms with Crippen molar-refractivity contribution in [1.82, 2.24) is 14.3 Å². The van der Waals surface area contributed by atoms with Crippen molar-refractivity contribution in [2.75, 3.05) is 31.2 Å². The van der Waals surface area contributed by atoms with Crippen molar-refractivity contribution in [1.29, 1.82) is 0 Å². The van der Waals surface area contributed by atoms with E-state index in [-0.39, 0.29) is 41.8 Å². The van der Waals surface area contributed by atoms with E-state index in [9.17, 15) is 31.7 Å². The number of benzene rings is 2. The van der Waals surface area contributed by atoms with Crippen molar-refractivity contribution in [2.45, 2.75) is 16.2 Å². The largest absolute Gasteiger partial charge is 0.453 e. The van der Waals surface area contributed by atoms with Crippen LogP contribution >= 0.6 is 0 Å². The number of fused-ring (bicyclic) bond motifs is 1. The summed E-state index contributed by atoms with van der Waals surface area (Å²) in [5, 5.41) is 15.6. The summed E-state index contributed by atoms with van der Waals surface area (Å²) < 4.78 is 58.4. The van der Waals surface area contributed by atoms with Gasteiger partial charge < -0.3 is 20.8 Å². The summed E-state index contributed by atoms with van der Waals surface area (Å²) >= 11 is 0. The Hall–Kier alpha value is -4.54. The normalized spacial score (nSPS) is 16.0. The molecule has 16 heteroatoms. The maximum atomic E-state index is 13.8. The number of rotatable bonds is 10. The number of H-pyrrole nitrogens is 1. The molecule has 2 aromatic carbocycles. The molecule has 42 heavy (non-hydrogen) atoms. The third kappa shape index (κ3) is 5.77. The molecule has 0 spiro atoms. The topological polar surface area (TPSA) is 208 Å². The molecule has 1 saturated heterocycles. The van der Waals surface area contributed by atoms with Crippen molar-refractivity contribution < 1.29 is 31.3 Å². The molecule has 0 saturated carbocycles. The maximum Gasteiger partial charge on any atom is 0.293 e. The molecule has 2 aromatic heterocycles. The highest BCUT2D eigenvalue weighted by molar-refractivity contribution is 7.91. The number of aromatic amines is 1. The second-order valence-corrected chi connectivity index (χ2v) is 13.7. The van der Waals surface area contributed by atoms with Gasteiger partial charge in [-0.15, -0.1) is 0 Å². The number of hydrogen-bond donors (Lipinski definition) is 3. The average Bonchev–Trinajstić information content (AvgIpc) is 3.61. The number of nitrogens with two attached hydrogens (primary N) is 1. The summed E-state index contributed by atoms with van der Waals surface area (Å²) in [6.45, 7) is 0.878. The smallest absolute Gasteiger partial charge is 0.293 e. The van der Waals surface area contributed by atoms with E-state index in [2.05, 4.69) is 15.3 Å². The van der Waals surface area contributed by atoms with Gasteiger partial charge in [-0.3, -0.25) is 14.9 Å². The minimum absolute atomic E-state index is 0.0741. The van der Waals surface area contributed by atoms with Crippen LogP contribution in [0.3, 0.4) is 0 Å². The molecule has 0 bridgehead atoms. The summed E-state index contributed by atoms with van der Waals surface area (Å²) in [7, 11) is -7.81. The summed E-state index contributed by atoms with van der Waals surface area (Å²) in [4.78, 5) is 29.8. The number of nitro groups is 1. The first-order valence-electron chi connectivity index (χ1n) is 12.6. The molecular weight excluding hydrogens is 588 g/mol. The Bertz CT molecular complexity index is 1920. The number of para-hydroxylation sites is 1. The molecule has 14 nitrogen and oxygen atoms in total. The summed E-state index contributed by atoms with van der Waals surface area (Å²) in [6, 6.07) is 10.6. The highest BCUT2D eigenvalue weighted by Gasteiger charge is 2.31. The molecule has 1 aliphatic rings. The van der Waals surface area contributed by atoms with E-state index in [4.69, 9.17) is 10.5 Å². The number of nitro benzene ring substituents is 1. The van der Waals surface area contributed by atoms with E-state index in [1.54, 1.807) is 18.3 Å². The number of nitrogens with one attached hydrogen (secondary N) is 2. The number of ether oxygens (including phenoxy) is 1. The average molecular weight is 615 g/mol. The summed E-state index contributed by atoms with van der Waals surface area (Å²) in [5.74, 6) is -1.23. The fraction of sp³-hybridized carbons (Fsp3) is 0.231. The van der Waals surface area contributed by atoms with Crippen LogP contribution in [0.25, 0.3) is 11.0 Å². The zero-order valence-electron chi connectivity index (χ0n) is 22.2. The predicted octanol–water partition coefficient (Wildman–Crippen LogP) is 2.89. The van der Waals surface area contributed by atoms with Crippen LogP contribution in [0, 0.1) is 16.0 Å². The SMILES string of the molecule is CS(=O)(=O)N1CCC(CNc2ccc(S(=O)(=O)c3cccc(C(N)=O)c3Oc3cnc4[nH]ccc4c3)cc2[N+](=O)[O-])C1. The number of hydrogen-bond acceptors (Lipinski definition) is 10. The molecule has 5 rings (SSSR count). The molecule has 220 valence electrons.